The van der Waals surface area contributed by atoms with Gasteiger partial charge >= 0.3 is 0 Å². The maximum Gasteiger partial charge on any atom is 0.251 e. The second kappa shape index (κ2) is 7.15. The molecule has 0 bridgehead atoms. The fourth-order valence-corrected chi connectivity index (χ4v) is 1.29. The molecule has 1 aromatic rings. The summed E-state index contributed by atoms with van der Waals surface area (Å²) >= 11 is 0. The molecule has 1 heterocycles. The van der Waals surface area contributed by atoms with Gasteiger partial charge in [-0.3, -0.25) is 4.98 Å². The van der Waals surface area contributed by atoms with E-state index in [0.717, 1.165) is 25.0 Å². The Hall–Kier alpha value is -2.18. The van der Waals surface area contributed by atoms with Gasteiger partial charge in [0.1, 0.15) is 0 Å². The molecule has 92 valence electrons. The van der Waals surface area contributed by atoms with E-state index in [1.807, 2.05) is 18.2 Å². The Bertz CT molecular complexity index is 380. The third-order valence-corrected chi connectivity index (χ3v) is 2.06. The van der Waals surface area contributed by atoms with E-state index in [4.69, 9.17) is 5.73 Å². The van der Waals surface area contributed by atoms with Crippen LogP contribution in [0.3, 0.4) is 0 Å². The van der Waals surface area contributed by atoms with Crippen molar-refractivity contribution in [2.24, 2.45) is 10.7 Å². The van der Waals surface area contributed by atoms with Gasteiger partial charge in [0.05, 0.1) is 0 Å². The number of hydrogen-bond acceptors (Lipinski definition) is 4. The van der Waals surface area contributed by atoms with Crippen LogP contribution >= 0.6 is 0 Å². The SMILES string of the molecule is NC(=NCCCCc1ccccn1)N[N+](=O)[O-]. The highest BCUT2D eigenvalue weighted by atomic mass is 16.7. The first kappa shape index (κ1) is 12.9. The number of rotatable bonds is 6. The highest BCUT2D eigenvalue weighted by Gasteiger charge is 1.98. The zero-order valence-electron chi connectivity index (χ0n) is 9.37. The molecule has 3 N–H and O–H groups in total. The number of unbranched alkanes of at least 4 members (excludes halogenated alkanes) is 1. The Kier molecular flexibility index (Phi) is 5.42. The molecule has 0 saturated carbocycles. The molecule has 7 nitrogen and oxygen atoms in total. The van der Waals surface area contributed by atoms with Crippen molar-refractivity contribution in [1.82, 2.24) is 10.4 Å². The number of guanidine groups is 1. The number of nitrogens with two attached hydrogens (primary N) is 1. The summed E-state index contributed by atoms with van der Waals surface area (Å²) in [5.41, 5.74) is 8.08. The van der Waals surface area contributed by atoms with Crippen LogP contribution in [-0.4, -0.2) is 22.5 Å². The summed E-state index contributed by atoms with van der Waals surface area (Å²) in [5.74, 6) is -0.159. The summed E-state index contributed by atoms with van der Waals surface area (Å²) in [6.45, 7) is 0.472. The van der Waals surface area contributed by atoms with E-state index in [0.29, 0.717) is 6.54 Å². The van der Waals surface area contributed by atoms with Gasteiger partial charge in [0.2, 0.25) is 0 Å². The van der Waals surface area contributed by atoms with Gasteiger partial charge in [-0.2, -0.15) is 0 Å². The Labute approximate surface area is 98.9 Å². The van der Waals surface area contributed by atoms with Crippen LogP contribution in [0.2, 0.25) is 0 Å². The number of nitro groups is 1. The highest BCUT2D eigenvalue weighted by molar-refractivity contribution is 5.76. The summed E-state index contributed by atoms with van der Waals surface area (Å²) in [7, 11) is 0. The number of aromatic nitrogens is 1. The number of pyridine rings is 1. The minimum absolute atomic E-state index is 0.159. The normalized spacial score (nSPS) is 11.2. The lowest BCUT2D eigenvalue weighted by atomic mass is 10.2. The number of aliphatic imine (C=N–C) groups is 1. The second-order valence-corrected chi connectivity index (χ2v) is 3.41. The van der Waals surface area contributed by atoms with Gasteiger partial charge in [-0.15, -0.1) is 0 Å². The van der Waals surface area contributed by atoms with Crippen molar-refractivity contribution in [3.8, 4) is 0 Å². The van der Waals surface area contributed by atoms with Crippen LogP contribution in [0.1, 0.15) is 18.5 Å². The molecule has 0 saturated heterocycles. The van der Waals surface area contributed by atoms with E-state index in [1.54, 1.807) is 11.6 Å². The molecule has 0 unspecified atom stereocenters. The molecule has 1 rings (SSSR count). The smallest absolute Gasteiger partial charge is 0.251 e. The summed E-state index contributed by atoms with van der Waals surface area (Å²) in [4.78, 5) is 18.0. The lowest BCUT2D eigenvalue weighted by Gasteiger charge is -1.99. The number of nitrogens with one attached hydrogen (secondary N) is 1. The molecule has 0 spiro atoms. The van der Waals surface area contributed by atoms with E-state index >= 15 is 0 Å². The van der Waals surface area contributed by atoms with Gasteiger partial charge in [0.15, 0.2) is 5.03 Å². The van der Waals surface area contributed by atoms with Crippen LogP contribution in [0.5, 0.6) is 0 Å². The summed E-state index contributed by atoms with van der Waals surface area (Å²) in [6.07, 6.45) is 4.37. The molecule has 0 aromatic carbocycles. The van der Waals surface area contributed by atoms with Crippen LogP contribution in [0.15, 0.2) is 29.4 Å². The molecule has 0 radical (unpaired) electrons. The van der Waals surface area contributed by atoms with Crippen LogP contribution in [0, 0.1) is 10.1 Å². The topological polar surface area (TPSA) is 106 Å². The molecule has 0 aliphatic heterocycles. The third-order valence-electron chi connectivity index (χ3n) is 2.06. The van der Waals surface area contributed by atoms with E-state index in [-0.39, 0.29) is 5.96 Å². The quantitative estimate of drug-likeness (QED) is 0.246. The first-order valence-corrected chi connectivity index (χ1v) is 5.29. The Morgan fingerprint density at radius 2 is 2.35 bits per heavy atom. The predicted molar refractivity (Wildman–Crippen MR) is 63.8 cm³/mol. The standard InChI is InChI=1S/C10H15N5O2/c11-10(14-15(16)17)13-8-4-2-6-9-5-1-3-7-12-9/h1,3,5,7H,2,4,6,8H2,(H3,11,13,14). The zero-order valence-corrected chi connectivity index (χ0v) is 9.37. The molecular formula is C10H15N5O2. The average Bonchev–Trinajstić information content (AvgIpc) is 2.29. The van der Waals surface area contributed by atoms with Gasteiger partial charge in [-0.25, -0.2) is 15.1 Å². The average molecular weight is 237 g/mol. The lowest BCUT2D eigenvalue weighted by Crippen LogP contribution is -2.36. The van der Waals surface area contributed by atoms with Crippen LogP contribution in [0.25, 0.3) is 0 Å². The van der Waals surface area contributed by atoms with Crippen molar-refractivity contribution >= 4 is 5.96 Å². The predicted octanol–water partition coefficient (Wildman–Crippen LogP) is 0.500. The highest BCUT2D eigenvalue weighted by Crippen LogP contribution is 2.00. The molecule has 0 fully saturated rings. The molecule has 0 aliphatic rings. The van der Waals surface area contributed by atoms with Crippen molar-refractivity contribution in [3.63, 3.8) is 0 Å². The number of hydrazine groups is 1. The van der Waals surface area contributed by atoms with Gasteiger partial charge in [-0.05, 0) is 31.4 Å². The van der Waals surface area contributed by atoms with Gasteiger partial charge in [0.25, 0.3) is 5.96 Å². The molecular weight excluding hydrogens is 222 g/mol. The van der Waals surface area contributed by atoms with Crippen LogP contribution in [-0.2, 0) is 6.42 Å². The van der Waals surface area contributed by atoms with Gasteiger partial charge in [0, 0.05) is 18.4 Å². The van der Waals surface area contributed by atoms with Crippen molar-refractivity contribution < 1.29 is 5.03 Å². The molecule has 0 atom stereocenters. The first-order chi connectivity index (χ1) is 8.18. The van der Waals surface area contributed by atoms with E-state index < -0.39 is 5.03 Å². The Balaban J connectivity index is 2.14. The first-order valence-electron chi connectivity index (χ1n) is 5.29. The maximum absolute atomic E-state index is 10.0. The number of aryl methyl sites for hydroxylation is 1. The zero-order chi connectivity index (χ0) is 12.5. The van der Waals surface area contributed by atoms with E-state index in [9.17, 15) is 10.1 Å². The second-order valence-electron chi connectivity index (χ2n) is 3.41. The third kappa shape index (κ3) is 6.08. The van der Waals surface area contributed by atoms with E-state index in [1.165, 1.54) is 0 Å². The monoisotopic (exact) mass is 237 g/mol. The Morgan fingerprint density at radius 3 is 3.00 bits per heavy atom. The molecule has 0 amide bonds. The summed E-state index contributed by atoms with van der Waals surface area (Å²) in [6, 6.07) is 5.78. The molecule has 17 heavy (non-hydrogen) atoms. The van der Waals surface area contributed by atoms with Crippen molar-refractivity contribution in [3.05, 3.63) is 40.2 Å². The minimum Gasteiger partial charge on any atom is -0.365 e. The number of nitrogens with zero attached hydrogens (tertiary/aromatic N) is 3. The molecule has 1 aromatic heterocycles. The van der Waals surface area contributed by atoms with Crippen molar-refractivity contribution in [1.29, 1.82) is 0 Å². The minimum atomic E-state index is -0.729. The van der Waals surface area contributed by atoms with Gasteiger partial charge in [-0.1, -0.05) is 11.5 Å². The van der Waals surface area contributed by atoms with Gasteiger partial charge < -0.3 is 5.73 Å². The summed E-state index contributed by atoms with van der Waals surface area (Å²) < 4.78 is 0. The van der Waals surface area contributed by atoms with Crippen molar-refractivity contribution in [2.45, 2.75) is 19.3 Å². The van der Waals surface area contributed by atoms with Crippen LogP contribution in [0.4, 0.5) is 0 Å². The molecule has 0 aliphatic carbocycles. The Morgan fingerprint density at radius 1 is 1.53 bits per heavy atom. The maximum atomic E-state index is 10.0. The summed E-state index contributed by atoms with van der Waals surface area (Å²) in [5, 5.41) is 9.28. The molecule has 7 heteroatoms. The van der Waals surface area contributed by atoms with E-state index in [2.05, 4.69) is 9.98 Å². The fourth-order valence-electron chi connectivity index (χ4n) is 1.29. The lowest BCUT2D eigenvalue weighted by molar-refractivity contribution is -0.525. The number of hydrogen-bond donors (Lipinski definition) is 2. The largest absolute Gasteiger partial charge is 0.365 e. The van der Waals surface area contributed by atoms with Crippen LogP contribution < -0.4 is 11.2 Å². The fraction of sp³-hybridized carbons (Fsp3) is 0.400. The van der Waals surface area contributed by atoms with Crippen molar-refractivity contribution in [2.75, 3.05) is 6.54 Å².